The van der Waals surface area contributed by atoms with E-state index in [0.717, 1.165) is 0 Å². The molecule has 0 amide bonds. The lowest BCUT2D eigenvalue weighted by atomic mass is 11.0. The Morgan fingerprint density at radius 3 is 1.38 bits per heavy atom. The molecule has 0 aliphatic carbocycles. The molecule has 0 N–H and O–H groups in total. The van der Waals surface area contributed by atoms with Gasteiger partial charge in [0.05, 0.1) is 0 Å². The predicted octanol–water partition coefficient (Wildman–Crippen LogP) is -1.26. The molecule has 0 aromatic carbocycles. The molecular formula is C2H4O4S2-2. The fourth-order valence-electron chi connectivity index (χ4n) is 0.136. The summed E-state index contributed by atoms with van der Waals surface area (Å²) in [6, 6.07) is 0. The molecule has 0 heterocycles. The summed E-state index contributed by atoms with van der Waals surface area (Å²) >= 11 is -4.46. The quantitative estimate of drug-likeness (QED) is 0.478. The van der Waals surface area contributed by atoms with Crippen molar-refractivity contribution >= 4 is 22.2 Å². The normalized spacial score (nSPS) is 17.8. The van der Waals surface area contributed by atoms with Gasteiger partial charge in [0.1, 0.15) is 0 Å². The van der Waals surface area contributed by atoms with Crippen molar-refractivity contribution in [1.29, 1.82) is 0 Å². The molecule has 0 radical (unpaired) electrons. The van der Waals surface area contributed by atoms with Crippen LogP contribution in [0.15, 0.2) is 0 Å². The Morgan fingerprint density at radius 1 is 1.00 bits per heavy atom. The van der Waals surface area contributed by atoms with Crippen LogP contribution in [-0.2, 0) is 22.2 Å². The molecule has 0 spiro atoms. The summed E-state index contributed by atoms with van der Waals surface area (Å²) in [5, 5.41) is 0. The smallest absolute Gasteiger partial charge is 0.0206 e. The van der Waals surface area contributed by atoms with Crippen molar-refractivity contribution in [2.24, 2.45) is 0 Å². The Balaban J connectivity index is 3.18. The van der Waals surface area contributed by atoms with E-state index in [-0.39, 0.29) is 11.5 Å². The molecule has 6 heteroatoms. The SMILES string of the molecule is O=S([O-])CCS(=O)[O-]. The molecule has 0 aromatic rings. The molecule has 2 atom stereocenters. The Hall–Kier alpha value is 0.220. The number of hydrogen-bond donors (Lipinski definition) is 0. The van der Waals surface area contributed by atoms with Gasteiger partial charge in [0.25, 0.3) is 0 Å². The van der Waals surface area contributed by atoms with Crippen molar-refractivity contribution in [3.63, 3.8) is 0 Å². The van der Waals surface area contributed by atoms with E-state index in [1.165, 1.54) is 0 Å². The monoisotopic (exact) mass is 156 g/mol. The summed E-state index contributed by atoms with van der Waals surface area (Å²) in [4.78, 5) is 0. The number of rotatable bonds is 3. The van der Waals surface area contributed by atoms with E-state index in [2.05, 4.69) is 0 Å². The van der Waals surface area contributed by atoms with Crippen LogP contribution in [0.25, 0.3) is 0 Å². The van der Waals surface area contributed by atoms with E-state index < -0.39 is 22.2 Å². The molecule has 0 rings (SSSR count). The predicted molar refractivity (Wildman–Crippen MR) is 27.6 cm³/mol. The lowest BCUT2D eigenvalue weighted by molar-refractivity contribution is 0.528. The molecule has 50 valence electrons. The summed E-state index contributed by atoms with van der Waals surface area (Å²) in [7, 11) is 0. The minimum absolute atomic E-state index is 0.309. The van der Waals surface area contributed by atoms with E-state index in [1.807, 2.05) is 0 Å². The van der Waals surface area contributed by atoms with E-state index >= 15 is 0 Å². The Labute approximate surface area is 51.9 Å². The van der Waals surface area contributed by atoms with Gasteiger partial charge in [-0.15, -0.1) is 0 Å². The average molecular weight is 156 g/mol. The molecule has 0 aliphatic rings. The van der Waals surface area contributed by atoms with Crippen LogP contribution in [0.1, 0.15) is 0 Å². The van der Waals surface area contributed by atoms with Gasteiger partial charge in [-0.05, 0) is 0 Å². The van der Waals surface area contributed by atoms with Crippen molar-refractivity contribution in [2.75, 3.05) is 11.5 Å². The zero-order valence-corrected chi connectivity index (χ0v) is 5.50. The average Bonchev–Trinajstić information content (AvgIpc) is 1.61. The van der Waals surface area contributed by atoms with Gasteiger partial charge in [-0.3, -0.25) is 8.42 Å². The highest BCUT2D eigenvalue weighted by Gasteiger charge is 1.82. The van der Waals surface area contributed by atoms with E-state index in [0.29, 0.717) is 0 Å². The van der Waals surface area contributed by atoms with E-state index in [4.69, 9.17) is 0 Å². The third-order valence-electron chi connectivity index (χ3n) is 0.417. The standard InChI is InChI=1S/C2H6O4S2/c3-7(4)1-2-8(5)6/h1-2H2,(H,3,4)(H,5,6)/p-2. The second kappa shape index (κ2) is 4.13. The first kappa shape index (κ1) is 8.22. The van der Waals surface area contributed by atoms with E-state index in [1.54, 1.807) is 0 Å². The van der Waals surface area contributed by atoms with Gasteiger partial charge in [-0.2, -0.15) is 0 Å². The van der Waals surface area contributed by atoms with Crippen LogP contribution < -0.4 is 0 Å². The van der Waals surface area contributed by atoms with Crippen LogP contribution in [-0.4, -0.2) is 29.0 Å². The zero-order valence-electron chi connectivity index (χ0n) is 3.86. The van der Waals surface area contributed by atoms with Crippen LogP contribution in [0.2, 0.25) is 0 Å². The zero-order chi connectivity index (χ0) is 6.57. The van der Waals surface area contributed by atoms with Gasteiger partial charge in [0.15, 0.2) is 0 Å². The second-order valence-corrected chi connectivity index (χ2v) is 3.05. The van der Waals surface area contributed by atoms with E-state index in [9.17, 15) is 17.5 Å². The minimum atomic E-state index is -2.23. The molecule has 4 nitrogen and oxygen atoms in total. The first-order chi connectivity index (χ1) is 3.63. The molecule has 0 saturated carbocycles. The molecule has 0 aliphatic heterocycles. The maximum atomic E-state index is 9.63. The van der Waals surface area contributed by atoms with Gasteiger partial charge in [0.2, 0.25) is 0 Å². The van der Waals surface area contributed by atoms with Gasteiger partial charge in [-0.1, -0.05) is 22.2 Å². The highest BCUT2D eigenvalue weighted by molar-refractivity contribution is 7.83. The molecule has 0 fully saturated rings. The summed E-state index contributed by atoms with van der Waals surface area (Å²) in [6.45, 7) is 0. The Morgan fingerprint density at radius 2 is 1.25 bits per heavy atom. The van der Waals surface area contributed by atoms with Crippen molar-refractivity contribution in [3.8, 4) is 0 Å². The maximum Gasteiger partial charge on any atom is 0.0206 e. The molecular weight excluding hydrogens is 152 g/mol. The highest BCUT2D eigenvalue weighted by Crippen LogP contribution is 1.76. The van der Waals surface area contributed by atoms with Crippen molar-refractivity contribution in [1.82, 2.24) is 0 Å². The van der Waals surface area contributed by atoms with Crippen LogP contribution in [0.5, 0.6) is 0 Å². The van der Waals surface area contributed by atoms with Crippen molar-refractivity contribution < 1.29 is 17.5 Å². The van der Waals surface area contributed by atoms with Gasteiger partial charge in [-0.25, -0.2) is 0 Å². The fraction of sp³-hybridized carbons (Fsp3) is 1.00. The van der Waals surface area contributed by atoms with Gasteiger partial charge in [0, 0.05) is 11.5 Å². The number of hydrogen-bond acceptors (Lipinski definition) is 4. The largest absolute Gasteiger partial charge is 0.772 e. The Bertz CT molecular complexity index is 96.6. The minimum Gasteiger partial charge on any atom is -0.772 e. The molecule has 0 bridgehead atoms. The van der Waals surface area contributed by atoms with Crippen LogP contribution in [0.3, 0.4) is 0 Å². The lowest BCUT2D eigenvalue weighted by Gasteiger charge is -2.05. The summed E-state index contributed by atoms with van der Waals surface area (Å²) in [5.74, 6) is -0.619. The molecule has 0 aromatic heterocycles. The summed E-state index contributed by atoms with van der Waals surface area (Å²) < 4.78 is 38.5. The summed E-state index contributed by atoms with van der Waals surface area (Å²) in [5.41, 5.74) is 0. The Kier molecular flexibility index (Phi) is 4.25. The van der Waals surface area contributed by atoms with Crippen LogP contribution in [0.4, 0.5) is 0 Å². The molecule has 8 heavy (non-hydrogen) atoms. The fourth-order valence-corrected chi connectivity index (χ4v) is 1.22. The summed E-state index contributed by atoms with van der Waals surface area (Å²) in [6.07, 6.45) is 0. The molecule has 2 unspecified atom stereocenters. The van der Waals surface area contributed by atoms with Crippen molar-refractivity contribution in [2.45, 2.75) is 0 Å². The maximum absolute atomic E-state index is 9.63. The first-order valence-electron chi connectivity index (χ1n) is 1.74. The highest BCUT2D eigenvalue weighted by atomic mass is 32.2. The second-order valence-electron chi connectivity index (χ2n) is 1.02. The van der Waals surface area contributed by atoms with Crippen molar-refractivity contribution in [3.05, 3.63) is 0 Å². The van der Waals surface area contributed by atoms with Crippen LogP contribution >= 0.6 is 0 Å². The first-order valence-corrected chi connectivity index (χ1v) is 4.23. The van der Waals surface area contributed by atoms with Crippen LogP contribution in [0, 0.1) is 0 Å². The third kappa shape index (κ3) is 6.22. The van der Waals surface area contributed by atoms with Gasteiger partial charge < -0.3 is 9.11 Å². The lowest BCUT2D eigenvalue weighted by Crippen LogP contribution is -2.05. The van der Waals surface area contributed by atoms with Gasteiger partial charge >= 0.3 is 0 Å². The molecule has 0 saturated heterocycles. The topological polar surface area (TPSA) is 80.3 Å². The third-order valence-corrected chi connectivity index (χ3v) is 1.75.